The van der Waals surface area contributed by atoms with Crippen LogP contribution in [0.2, 0.25) is 0 Å². The van der Waals surface area contributed by atoms with Crippen LogP contribution < -0.4 is 10.0 Å². The zero-order valence-electron chi connectivity index (χ0n) is 9.92. The van der Waals surface area contributed by atoms with Crippen LogP contribution in [-0.4, -0.2) is 26.8 Å². The van der Waals surface area contributed by atoms with Crippen LogP contribution in [0.3, 0.4) is 0 Å². The van der Waals surface area contributed by atoms with Crippen molar-refractivity contribution in [1.29, 1.82) is 0 Å². The van der Waals surface area contributed by atoms with Crippen LogP contribution in [0.5, 0.6) is 0 Å². The summed E-state index contributed by atoms with van der Waals surface area (Å²) in [5.41, 5.74) is -0.713. The SMILES string of the molecule is O=S(=O)(CC1CCCN1)Nc1cc(F)cc(F)c1F. The fourth-order valence-corrected chi connectivity index (χ4v) is 3.38. The van der Waals surface area contributed by atoms with Gasteiger partial charge in [0, 0.05) is 18.2 Å². The number of benzene rings is 1. The van der Waals surface area contributed by atoms with Crippen molar-refractivity contribution in [3.8, 4) is 0 Å². The fourth-order valence-electron chi connectivity index (χ4n) is 2.00. The van der Waals surface area contributed by atoms with Gasteiger partial charge in [-0.15, -0.1) is 0 Å². The lowest BCUT2D eigenvalue weighted by Crippen LogP contribution is -2.33. The number of nitrogens with one attached hydrogen (secondary N) is 2. The maximum absolute atomic E-state index is 13.3. The van der Waals surface area contributed by atoms with Crippen molar-refractivity contribution in [3.05, 3.63) is 29.6 Å². The molecule has 2 N–H and O–H groups in total. The Hall–Kier alpha value is -1.28. The average molecular weight is 294 g/mol. The highest BCUT2D eigenvalue weighted by Gasteiger charge is 2.23. The Bertz CT molecular complexity index is 572. The van der Waals surface area contributed by atoms with Crippen molar-refractivity contribution in [2.75, 3.05) is 17.0 Å². The van der Waals surface area contributed by atoms with E-state index in [-0.39, 0.29) is 11.8 Å². The number of hydrogen-bond donors (Lipinski definition) is 2. The van der Waals surface area contributed by atoms with Crippen LogP contribution in [0.15, 0.2) is 12.1 Å². The Balaban J connectivity index is 2.15. The molecule has 1 atom stereocenters. The highest BCUT2D eigenvalue weighted by molar-refractivity contribution is 7.92. The van der Waals surface area contributed by atoms with Crippen LogP contribution in [0.1, 0.15) is 12.8 Å². The average Bonchev–Trinajstić information content (AvgIpc) is 2.76. The molecule has 0 radical (unpaired) electrons. The molecule has 1 aromatic rings. The van der Waals surface area contributed by atoms with E-state index in [0.29, 0.717) is 18.6 Å². The lowest BCUT2D eigenvalue weighted by molar-refractivity contribution is 0.498. The highest BCUT2D eigenvalue weighted by Crippen LogP contribution is 2.21. The molecule has 0 aromatic heterocycles. The van der Waals surface area contributed by atoms with Crippen LogP contribution in [0, 0.1) is 17.5 Å². The van der Waals surface area contributed by atoms with E-state index in [2.05, 4.69) is 5.32 Å². The van der Waals surface area contributed by atoms with Crippen LogP contribution in [-0.2, 0) is 10.0 Å². The van der Waals surface area contributed by atoms with Gasteiger partial charge in [-0.3, -0.25) is 4.72 Å². The summed E-state index contributed by atoms with van der Waals surface area (Å²) in [6.07, 6.45) is 1.56. The minimum Gasteiger partial charge on any atom is -0.313 e. The molecular weight excluding hydrogens is 281 g/mol. The second-order valence-corrected chi connectivity index (χ2v) is 6.19. The van der Waals surface area contributed by atoms with Gasteiger partial charge in [-0.2, -0.15) is 0 Å². The minimum atomic E-state index is -3.86. The normalized spacial score (nSPS) is 19.6. The standard InChI is InChI=1S/C11H13F3N2O2S/c12-7-4-9(13)11(14)10(5-7)16-19(17,18)6-8-2-1-3-15-8/h4-5,8,15-16H,1-3,6H2. The Labute approximate surface area is 109 Å². The zero-order valence-corrected chi connectivity index (χ0v) is 10.7. The lowest BCUT2D eigenvalue weighted by atomic mass is 10.3. The van der Waals surface area contributed by atoms with E-state index in [9.17, 15) is 21.6 Å². The summed E-state index contributed by atoms with van der Waals surface area (Å²) < 4.78 is 64.6. The molecule has 8 heteroatoms. The molecule has 1 fully saturated rings. The molecule has 1 aromatic carbocycles. The summed E-state index contributed by atoms with van der Waals surface area (Å²) in [7, 11) is -3.86. The molecule has 2 rings (SSSR count). The maximum atomic E-state index is 13.3. The van der Waals surface area contributed by atoms with Crippen molar-refractivity contribution >= 4 is 15.7 Å². The molecule has 4 nitrogen and oxygen atoms in total. The molecule has 106 valence electrons. The van der Waals surface area contributed by atoms with Gasteiger partial charge < -0.3 is 5.32 Å². The number of sulfonamides is 1. The largest absolute Gasteiger partial charge is 0.313 e. The molecule has 0 spiro atoms. The number of rotatable bonds is 4. The van der Waals surface area contributed by atoms with E-state index in [1.54, 1.807) is 0 Å². The first-order chi connectivity index (χ1) is 8.87. The first-order valence-electron chi connectivity index (χ1n) is 5.76. The molecule has 1 saturated heterocycles. The van der Waals surface area contributed by atoms with Crippen molar-refractivity contribution in [2.24, 2.45) is 0 Å². The van der Waals surface area contributed by atoms with Gasteiger partial charge in [0.2, 0.25) is 10.0 Å². The molecule has 1 heterocycles. The Morgan fingerprint density at radius 2 is 2.05 bits per heavy atom. The van der Waals surface area contributed by atoms with Gasteiger partial charge in [-0.25, -0.2) is 21.6 Å². The van der Waals surface area contributed by atoms with Gasteiger partial charge in [0.25, 0.3) is 0 Å². The van der Waals surface area contributed by atoms with Crippen molar-refractivity contribution in [3.63, 3.8) is 0 Å². The van der Waals surface area contributed by atoms with Gasteiger partial charge >= 0.3 is 0 Å². The summed E-state index contributed by atoms with van der Waals surface area (Å²) in [6.45, 7) is 0.725. The molecule has 1 unspecified atom stereocenters. The number of hydrogen-bond acceptors (Lipinski definition) is 3. The number of halogens is 3. The second kappa shape index (κ2) is 5.38. The topological polar surface area (TPSA) is 58.2 Å². The smallest absolute Gasteiger partial charge is 0.234 e. The quantitative estimate of drug-likeness (QED) is 0.829. The van der Waals surface area contributed by atoms with E-state index in [0.717, 1.165) is 13.0 Å². The monoisotopic (exact) mass is 294 g/mol. The van der Waals surface area contributed by atoms with Gasteiger partial charge in [-0.1, -0.05) is 0 Å². The molecule has 1 aliphatic rings. The predicted octanol–water partition coefficient (Wildman–Crippen LogP) is 1.60. The van der Waals surface area contributed by atoms with Gasteiger partial charge in [0.15, 0.2) is 11.6 Å². The maximum Gasteiger partial charge on any atom is 0.234 e. The summed E-state index contributed by atoms with van der Waals surface area (Å²) in [5.74, 6) is -4.15. The minimum absolute atomic E-state index is 0.223. The molecule has 0 bridgehead atoms. The van der Waals surface area contributed by atoms with E-state index in [4.69, 9.17) is 0 Å². The Kier molecular flexibility index (Phi) is 4.00. The van der Waals surface area contributed by atoms with Gasteiger partial charge in [-0.05, 0) is 19.4 Å². The van der Waals surface area contributed by atoms with E-state index in [1.165, 1.54) is 0 Å². The third-order valence-electron chi connectivity index (χ3n) is 2.84. The van der Waals surface area contributed by atoms with Crippen LogP contribution in [0.25, 0.3) is 0 Å². The van der Waals surface area contributed by atoms with Crippen molar-refractivity contribution in [2.45, 2.75) is 18.9 Å². The van der Waals surface area contributed by atoms with Gasteiger partial charge in [0.1, 0.15) is 5.82 Å². The molecule has 0 amide bonds. The molecule has 0 aliphatic carbocycles. The summed E-state index contributed by atoms with van der Waals surface area (Å²) in [4.78, 5) is 0. The molecule has 1 aliphatic heterocycles. The Morgan fingerprint density at radius 1 is 1.32 bits per heavy atom. The van der Waals surface area contributed by atoms with Gasteiger partial charge in [0.05, 0.1) is 11.4 Å². The summed E-state index contributed by atoms with van der Waals surface area (Å²) in [6, 6.07) is 0.739. The third kappa shape index (κ3) is 3.60. The summed E-state index contributed by atoms with van der Waals surface area (Å²) in [5, 5.41) is 2.97. The van der Waals surface area contributed by atoms with Crippen molar-refractivity contribution < 1.29 is 21.6 Å². The van der Waals surface area contributed by atoms with Crippen LogP contribution in [0.4, 0.5) is 18.9 Å². The highest BCUT2D eigenvalue weighted by atomic mass is 32.2. The van der Waals surface area contributed by atoms with Crippen molar-refractivity contribution in [1.82, 2.24) is 5.32 Å². The number of anilines is 1. The predicted molar refractivity (Wildman–Crippen MR) is 64.8 cm³/mol. The molecule has 19 heavy (non-hydrogen) atoms. The first kappa shape index (κ1) is 14.1. The van der Waals surface area contributed by atoms with E-state index < -0.39 is 33.2 Å². The summed E-state index contributed by atoms with van der Waals surface area (Å²) >= 11 is 0. The van der Waals surface area contributed by atoms with E-state index in [1.807, 2.05) is 4.72 Å². The first-order valence-corrected chi connectivity index (χ1v) is 7.41. The molecule has 0 saturated carbocycles. The zero-order chi connectivity index (χ0) is 14.0. The van der Waals surface area contributed by atoms with Crippen LogP contribution >= 0.6 is 0 Å². The fraction of sp³-hybridized carbons (Fsp3) is 0.455. The third-order valence-corrected chi connectivity index (χ3v) is 4.21. The Morgan fingerprint density at radius 3 is 2.68 bits per heavy atom. The molecular formula is C11H13F3N2O2S. The van der Waals surface area contributed by atoms with E-state index >= 15 is 0 Å². The lowest BCUT2D eigenvalue weighted by Gasteiger charge is -2.13. The second-order valence-electron chi connectivity index (χ2n) is 4.43.